The van der Waals surface area contributed by atoms with Crippen molar-refractivity contribution < 1.29 is 9.50 Å². The minimum Gasteiger partial charge on any atom is -0.392 e. The molecule has 0 fully saturated rings. The molecular formula is C14H15FOS. The van der Waals surface area contributed by atoms with Gasteiger partial charge < -0.3 is 5.11 Å². The largest absolute Gasteiger partial charge is 0.392 e. The Balaban J connectivity index is 2.00. The number of aryl methyl sites for hydroxylation is 1. The van der Waals surface area contributed by atoms with E-state index in [0.29, 0.717) is 12.8 Å². The molecule has 1 nitrogen and oxygen atoms in total. The van der Waals surface area contributed by atoms with Crippen LogP contribution in [0.1, 0.15) is 16.7 Å². The molecule has 2 aromatic rings. The topological polar surface area (TPSA) is 20.2 Å². The Hall–Kier alpha value is -1.19. The summed E-state index contributed by atoms with van der Waals surface area (Å²) < 4.78 is 12.9. The number of hydrogen-bond acceptors (Lipinski definition) is 2. The standard InChI is InChI=1S/C14H15FOS/c1-10-6-13(15)3-2-12(10)8-14(16)7-11-4-5-17-9-11/h2-6,9,14,16H,7-8H2,1H3. The molecule has 0 bridgehead atoms. The predicted molar refractivity (Wildman–Crippen MR) is 68.9 cm³/mol. The first-order chi connectivity index (χ1) is 8.15. The number of hydrogen-bond donors (Lipinski definition) is 1. The fraction of sp³-hybridized carbons (Fsp3) is 0.286. The van der Waals surface area contributed by atoms with Crippen LogP contribution in [0.4, 0.5) is 4.39 Å². The Bertz CT molecular complexity index is 479. The number of aliphatic hydroxyl groups excluding tert-OH is 1. The van der Waals surface area contributed by atoms with Crippen molar-refractivity contribution >= 4 is 11.3 Å². The Morgan fingerprint density at radius 1 is 1.29 bits per heavy atom. The summed E-state index contributed by atoms with van der Waals surface area (Å²) >= 11 is 1.63. The summed E-state index contributed by atoms with van der Waals surface area (Å²) in [4.78, 5) is 0. The van der Waals surface area contributed by atoms with E-state index < -0.39 is 6.10 Å². The van der Waals surface area contributed by atoms with E-state index >= 15 is 0 Å². The summed E-state index contributed by atoms with van der Waals surface area (Å²) in [6.07, 6.45) is 0.816. The SMILES string of the molecule is Cc1cc(F)ccc1CC(O)Cc1ccsc1. The fourth-order valence-corrected chi connectivity index (χ4v) is 2.58. The van der Waals surface area contributed by atoms with E-state index in [1.165, 1.54) is 12.1 Å². The number of halogens is 1. The van der Waals surface area contributed by atoms with E-state index in [0.717, 1.165) is 16.7 Å². The lowest BCUT2D eigenvalue weighted by Crippen LogP contribution is -2.14. The van der Waals surface area contributed by atoms with E-state index in [1.54, 1.807) is 17.4 Å². The van der Waals surface area contributed by atoms with Crippen molar-refractivity contribution in [3.05, 3.63) is 57.5 Å². The maximum atomic E-state index is 12.9. The van der Waals surface area contributed by atoms with Crippen LogP contribution in [0, 0.1) is 12.7 Å². The number of thiophene rings is 1. The molecule has 2 rings (SSSR count). The number of benzene rings is 1. The van der Waals surface area contributed by atoms with E-state index in [2.05, 4.69) is 0 Å². The fourth-order valence-electron chi connectivity index (χ4n) is 1.90. The summed E-state index contributed by atoms with van der Waals surface area (Å²) in [6.45, 7) is 1.87. The van der Waals surface area contributed by atoms with Crippen molar-refractivity contribution in [3.8, 4) is 0 Å². The zero-order valence-electron chi connectivity index (χ0n) is 9.69. The molecule has 1 N–H and O–H groups in total. The molecule has 90 valence electrons. The van der Waals surface area contributed by atoms with Gasteiger partial charge in [0.1, 0.15) is 5.82 Å². The number of aliphatic hydroxyl groups is 1. The lowest BCUT2D eigenvalue weighted by atomic mass is 9.99. The first-order valence-electron chi connectivity index (χ1n) is 5.59. The van der Waals surface area contributed by atoms with E-state index in [-0.39, 0.29) is 5.82 Å². The van der Waals surface area contributed by atoms with Gasteiger partial charge in [0, 0.05) is 0 Å². The highest BCUT2D eigenvalue weighted by Crippen LogP contribution is 2.15. The molecule has 0 aliphatic heterocycles. The van der Waals surface area contributed by atoms with Gasteiger partial charge >= 0.3 is 0 Å². The molecule has 1 aromatic heterocycles. The lowest BCUT2D eigenvalue weighted by molar-refractivity contribution is 0.175. The van der Waals surface area contributed by atoms with Gasteiger partial charge in [0.25, 0.3) is 0 Å². The first-order valence-corrected chi connectivity index (χ1v) is 6.53. The van der Waals surface area contributed by atoms with E-state index in [9.17, 15) is 9.50 Å². The zero-order valence-corrected chi connectivity index (χ0v) is 10.5. The minimum atomic E-state index is -0.409. The normalized spacial score (nSPS) is 12.6. The van der Waals surface area contributed by atoms with Gasteiger partial charge in [-0.3, -0.25) is 0 Å². The molecule has 0 aliphatic carbocycles. The molecule has 0 amide bonds. The van der Waals surface area contributed by atoms with Gasteiger partial charge in [0.05, 0.1) is 6.10 Å². The maximum Gasteiger partial charge on any atom is 0.123 e. The summed E-state index contributed by atoms with van der Waals surface area (Å²) in [7, 11) is 0. The van der Waals surface area contributed by atoms with Crippen molar-refractivity contribution in [2.45, 2.75) is 25.9 Å². The van der Waals surface area contributed by atoms with Crippen LogP contribution in [0.2, 0.25) is 0 Å². The van der Waals surface area contributed by atoms with Crippen LogP contribution in [0.25, 0.3) is 0 Å². The average molecular weight is 250 g/mol. The molecule has 0 radical (unpaired) electrons. The minimum absolute atomic E-state index is 0.224. The second-order valence-electron chi connectivity index (χ2n) is 4.26. The predicted octanol–water partition coefficient (Wildman–Crippen LogP) is 3.34. The van der Waals surface area contributed by atoms with Crippen LogP contribution in [-0.2, 0) is 12.8 Å². The van der Waals surface area contributed by atoms with Gasteiger partial charge in [-0.15, -0.1) is 0 Å². The third-order valence-electron chi connectivity index (χ3n) is 2.81. The molecular weight excluding hydrogens is 235 g/mol. The smallest absolute Gasteiger partial charge is 0.123 e. The first kappa shape index (κ1) is 12.3. The summed E-state index contributed by atoms with van der Waals surface area (Å²) in [5.41, 5.74) is 3.06. The molecule has 0 saturated carbocycles. The van der Waals surface area contributed by atoms with Gasteiger partial charge in [-0.2, -0.15) is 11.3 Å². The van der Waals surface area contributed by atoms with Gasteiger partial charge in [-0.25, -0.2) is 4.39 Å². The quantitative estimate of drug-likeness (QED) is 0.882. The molecule has 0 aliphatic rings. The van der Waals surface area contributed by atoms with Crippen LogP contribution in [0.3, 0.4) is 0 Å². The Labute approximate surface area is 105 Å². The second kappa shape index (κ2) is 5.43. The molecule has 0 saturated heterocycles. The highest BCUT2D eigenvalue weighted by Gasteiger charge is 2.09. The summed E-state index contributed by atoms with van der Waals surface area (Å²) in [5.74, 6) is -0.224. The molecule has 1 heterocycles. The van der Waals surface area contributed by atoms with Crippen molar-refractivity contribution in [3.63, 3.8) is 0 Å². The third kappa shape index (κ3) is 3.38. The van der Waals surface area contributed by atoms with Crippen molar-refractivity contribution in [1.82, 2.24) is 0 Å². The van der Waals surface area contributed by atoms with E-state index in [1.807, 2.05) is 23.8 Å². The highest BCUT2D eigenvalue weighted by molar-refractivity contribution is 7.07. The molecule has 17 heavy (non-hydrogen) atoms. The third-order valence-corrected chi connectivity index (χ3v) is 3.54. The van der Waals surface area contributed by atoms with Crippen LogP contribution < -0.4 is 0 Å². The van der Waals surface area contributed by atoms with Crippen molar-refractivity contribution in [2.24, 2.45) is 0 Å². The lowest BCUT2D eigenvalue weighted by Gasteiger charge is -2.11. The molecule has 0 spiro atoms. The van der Waals surface area contributed by atoms with Gasteiger partial charge in [0.15, 0.2) is 0 Å². The van der Waals surface area contributed by atoms with E-state index in [4.69, 9.17) is 0 Å². The van der Waals surface area contributed by atoms with Crippen LogP contribution in [-0.4, -0.2) is 11.2 Å². The van der Waals surface area contributed by atoms with Crippen LogP contribution in [0.5, 0.6) is 0 Å². The zero-order chi connectivity index (χ0) is 12.3. The molecule has 1 aromatic carbocycles. The number of rotatable bonds is 4. The van der Waals surface area contributed by atoms with Crippen molar-refractivity contribution in [2.75, 3.05) is 0 Å². The highest BCUT2D eigenvalue weighted by atomic mass is 32.1. The van der Waals surface area contributed by atoms with Gasteiger partial charge in [0.2, 0.25) is 0 Å². The second-order valence-corrected chi connectivity index (χ2v) is 5.04. The maximum absolute atomic E-state index is 12.9. The van der Waals surface area contributed by atoms with Gasteiger partial charge in [-0.1, -0.05) is 6.07 Å². The van der Waals surface area contributed by atoms with Crippen molar-refractivity contribution in [1.29, 1.82) is 0 Å². The Kier molecular flexibility index (Phi) is 3.92. The average Bonchev–Trinajstić information content (AvgIpc) is 2.75. The molecule has 1 atom stereocenters. The van der Waals surface area contributed by atoms with Crippen LogP contribution >= 0.6 is 11.3 Å². The Morgan fingerprint density at radius 2 is 2.12 bits per heavy atom. The van der Waals surface area contributed by atoms with Gasteiger partial charge in [-0.05, 0) is 65.4 Å². The Morgan fingerprint density at radius 3 is 2.76 bits per heavy atom. The summed E-state index contributed by atoms with van der Waals surface area (Å²) in [5, 5.41) is 14.0. The van der Waals surface area contributed by atoms with Crippen LogP contribution in [0.15, 0.2) is 35.0 Å². The monoisotopic (exact) mass is 250 g/mol. The summed E-state index contributed by atoms with van der Waals surface area (Å²) in [6, 6.07) is 6.72. The molecule has 1 unspecified atom stereocenters. The molecule has 3 heteroatoms.